The standard InChI is InChI=1S/C10H9IN4/c1-2-14-10(11)15-8-13-7-9-3-5-12-6-4-9/h2-8H,1H2/b13-7+,14-10-,15-8-. The van der Waals surface area contributed by atoms with Crippen molar-refractivity contribution in [3.63, 3.8) is 0 Å². The SMILES string of the molecule is C=C\N=C(I)/N=C\N=C\c1ccncc1. The summed E-state index contributed by atoms with van der Waals surface area (Å²) in [6.07, 6.45) is 7.99. The first-order chi connectivity index (χ1) is 7.33. The Balaban J connectivity index is 2.54. The zero-order valence-electron chi connectivity index (χ0n) is 7.92. The molecule has 0 amide bonds. The number of amidine groups is 1. The van der Waals surface area contributed by atoms with Gasteiger partial charge in [-0.05, 0) is 17.7 Å². The largest absolute Gasteiger partial charge is 0.265 e. The maximum absolute atomic E-state index is 4.00. The highest BCUT2D eigenvalue weighted by Gasteiger charge is 1.83. The van der Waals surface area contributed by atoms with E-state index in [1.807, 2.05) is 34.7 Å². The van der Waals surface area contributed by atoms with E-state index in [2.05, 4.69) is 26.5 Å². The normalized spacial score (nSPS) is 12.5. The van der Waals surface area contributed by atoms with E-state index < -0.39 is 0 Å². The van der Waals surface area contributed by atoms with Crippen molar-refractivity contribution in [2.24, 2.45) is 15.0 Å². The highest BCUT2D eigenvalue weighted by Crippen LogP contribution is 1.93. The smallest absolute Gasteiger partial charge is 0.192 e. The molecule has 1 heterocycles. The lowest BCUT2D eigenvalue weighted by molar-refractivity contribution is 1.32. The molecule has 0 N–H and O–H groups in total. The molecule has 1 aromatic heterocycles. The van der Waals surface area contributed by atoms with Crippen LogP contribution in [0.2, 0.25) is 0 Å². The van der Waals surface area contributed by atoms with Gasteiger partial charge in [0.25, 0.3) is 0 Å². The molecule has 0 fully saturated rings. The minimum absolute atomic E-state index is 0.592. The molecular formula is C10H9IN4. The molecule has 0 bridgehead atoms. The van der Waals surface area contributed by atoms with Gasteiger partial charge in [0.15, 0.2) is 3.84 Å². The summed E-state index contributed by atoms with van der Waals surface area (Å²) in [5.41, 5.74) is 0.979. The van der Waals surface area contributed by atoms with E-state index in [9.17, 15) is 0 Å². The van der Waals surface area contributed by atoms with Gasteiger partial charge in [-0.15, -0.1) is 0 Å². The second-order valence-corrected chi connectivity index (χ2v) is 3.35. The first-order valence-electron chi connectivity index (χ1n) is 4.13. The Morgan fingerprint density at radius 1 is 1.40 bits per heavy atom. The van der Waals surface area contributed by atoms with Crippen LogP contribution in [0.25, 0.3) is 0 Å². The molecule has 0 aromatic carbocycles. The van der Waals surface area contributed by atoms with Gasteiger partial charge in [-0.3, -0.25) is 4.98 Å². The Labute approximate surface area is 102 Å². The number of pyridine rings is 1. The minimum Gasteiger partial charge on any atom is -0.265 e. The third-order valence-corrected chi connectivity index (χ3v) is 1.92. The van der Waals surface area contributed by atoms with Gasteiger partial charge in [-0.1, -0.05) is 6.58 Å². The number of rotatable bonds is 3. The predicted molar refractivity (Wildman–Crippen MR) is 72.0 cm³/mol. The Morgan fingerprint density at radius 3 is 2.80 bits per heavy atom. The van der Waals surface area contributed by atoms with Crippen LogP contribution in [0.5, 0.6) is 0 Å². The Kier molecular flexibility index (Phi) is 5.46. The Bertz CT molecular complexity index is 395. The van der Waals surface area contributed by atoms with Crippen molar-refractivity contribution in [3.05, 3.63) is 42.9 Å². The summed E-state index contributed by atoms with van der Waals surface area (Å²) in [6.45, 7) is 3.46. The summed E-state index contributed by atoms with van der Waals surface area (Å²) in [5.74, 6) is 0. The molecule has 5 heteroatoms. The third-order valence-electron chi connectivity index (χ3n) is 1.36. The van der Waals surface area contributed by atoms with Gasteiger partial charge in [0, 0.05) is 47.4 Å². The van der Waals surface area contributed by atoms with Crippen molar-refractivity contribution in [1.29, 1.82) is 0 Å². The van der Waals surface area contributed by atoms with Crippen molar-refractivity contribution in [2.45, 2.75) is 0 Å². The van der Waals surface area contributed by atoms with Crippen LogP contribution in [-0.2, 0) is 0 Å². The minimum atomic E-state index is 0.592. The average molecular weight is 312 g/mol. The van der Waals surface area contributed by atoms with E-state index >= 15 is 0 Å². The fourth-order valence-corrected chi connectivity index (χ4v) is 1.08. The lowest BCUT2D eigenvalue weighted by atomic mass is 10.3. The van der Waals surface area contributed by atoms with E-state index in [1.165, 1.54) is 12.5 Å². The van der Waals surface area contributed by atoms with Gasteiger partial charge in [-0.2, -0.15) is 0 Å². The molecule has 4 nitrogen and oxygen atoms in total. The van der Waals surface area contributed by atoms with Gasteiger partial charge < -0.3 is 0 Å². The van der Waals surface area contributed by atoms with E-state index in [1.54, 1.807) is 18.6 Å². The van der Waals surface area contributed by atoms with Crippen LogP contribution in [0.1, 0.15) is 5.56 Å². The van der Waals surface area contributed by atoms with Crippen molar-refractivity contribution in [3.8, 4) is 0 Å². The third kappa shape index (κ3) is 5.16. The molecule has 0 aliphatic heterocycles. The maximum Gasteiger partial charge on any atom is 0.192 e. The molecule has 76 valence electrons. The van der Waals surface area contributed by atoms with Crippen LogP contribution in [-0.4, -0.2) is 21.4 Å². The van der Waals surface area contributed by atoms with Crippen molar-refractivity contribution in [2.75, 3.05) is 0 Å². The average Bonchev–Trinajstić information content (AvgIpc) is 2.26. The topological polar surface area (TPSA) is 50.0 Å². The molecule has 0 unspecified atom stereocenters. The molecule has 1 aromatic rings. The number of hydrogen-bond donors (Lipinski definition) is 0. The van der Waals surface area contributed by atoms with E-state index in [4.69, 9.17) is 0 Å². The van der Waals surface area contributed by atoms with Gasteiger partial charge in [-0.25, -0.2) is 15.0 Å². The summed E-state index contributed by atoms with van der Waals surface area (Å²) < 4.78 is 0.592. The molecule has 0 aliphatic carbocycles. The zero-order valence-corrected chi connectivity index (χ0v) is 10.1. The van der Waals surface area contributed by atoms with Crippen molar-refractivity contribution >= 4 is 39.0 Å². The molecule has 0 radical (unpaired) electrons. The lowest BCUT2D eigenvalue weighted by Crippen LogP contribution is -1.82. The molecule has 0 saturated heterocycles. The fourth-order valence-electron chi connectivity index (χ4n) is 0.759. The number of hydrogen-bond acceptors (Lipinski definition) is 2. The Hall–Kier alpha value is -1.37. The zero-order chi connectivity index (χ0) is 10.9. The summed E-state index contributed by atoms with van der Waals surface area (Å²) in [5, 5.41) is 0. The van der Waals surface area contributed by atoms with Crippen LogP contribution in [0.15, 0.2) is 52.3 Å². The number of aromatic nitrogens is 1. The quantitative estimate of drug-likeness (QED) is 0.366. The lowest BCUT2D eigenvalue weighted by Gasteiger charge is -1.87. The van der Waals surface area contributed by atoms with Crippen molar-refractivity contribution < 1.29 is 0 Å². The summed E-state index contributed by atoms with van der Waals surface area (Å²) in [4.78, 5) is 15.7. The van der Waals surface area contributed by atoms with Crippen LogP contribution in [0, 0.1) is 0 Å². The second-order valence-electron chi connectivity index (χ2n) is 2.38. The highest BCUT2D eigenvalue weighted by molar-refractivity contribution is 14.1. The summed E-state index contributed by atoms with van der Waals surface area (Å²) >= 11 is 1.99. The molecular weight excluding hydrogens is 303 g/mol. The summed E-state index contributed by atoms with van der Waals surface area (Å²) in [7, 11) is 0. The number of halogens is 1. The summed E-state index contributed by atoms with van der Waals surface area (Å²) in [6, 6.07) is 3.72. The molecule has 0 aliphatic rings. The fraction of sp³-hybridized carbons (Fsp3) is 0. The van der Waals surface area contributed by atoms with Crippen molar-refractivity contribution in [1.82, 2.24) is 4.98 Å². The van der Waals surface area contributed by atoms with Gasteiger partial charge >= 0.3 is 0 Å². The highest BCUT2D eigenvalue weighted by atomic mass is 127. The van der Waals surface area contributed by atoms with Gasteiger partial charge in [0.05, 0.1) is 0 Å². The molecule has 1 rings (SSSR count). The van der Waals surface area contributed by atoms with E-state index in [0.717, 1.165) is 5.56 Å². The van der Waals surface area contributed by atoms with Crippen LogP contribution < -0.4 is 0 Å². The Morgan fingerprint density at radius 2 is 2.13 bits per heavy atom. The van der Waals surface area contributed by atoms with E-state index in [-0.39, 0.29) is 0 Å². The van der Waals surface area contributed by atoms with E-state index in [0.29, 0.717) is 3.84 Å². The van der Waals surface area contributed by atoms with Crippen LogP contribution >= 0.6 is 22.6 Å². The monoisotopic (exact) mass is 312 g/mol. The first kappa shape index (κ1) is 11.7. The first-order valence-corrected chi connectivity index (χ1v) is 5.21. The number of nitrogens with zero attached hydrogens (tertiary/aromatic N) is 4. The van der Waals surface area contributed by atoms with Gasteiger partial charge in [0.1, 0.15) is 6.34 Å². The maximum atomic E-state index is 4.00. The second kappa shape index (κ2) is 6.99. The molecule has 0 spiro atoms. The predicted octanol–water partition coefficient (Wildman–Crippen LogP) is 2.46. The molecule has 0 atom stereocenters. The molecule has 0 saturated carbocycles. The van der Waals surface area contributed by atoms with Crippen LogP contribution in [0.4, 0.5) is 0 Å². The van der Waals surface area contributed by atoms with Gasteiger partial charge in [0.2, 0.25) is 0 Å². The molecule has 15 heavy (non-hydrogen) atoms. The van der Waals surface area contributed by atoms with Crippen LogP contribution in [0.3, 0.4) is 0 Å². The number of aliphatic imine (C=N–C) groups is 3.